The molecule has 0 amide bonds. The molecule has 67 heavy (non-hydrogen) atoms. The first-order valence-corrected chi connectivity index (χ1v) is 19.9. The zero-order valence-electron chi connectivity index (χ0n) is 34.3. The number of carbonyl (C=O) groups excluding carboxylic acids is 5. The van der Waals surface area contributed by atoms with Gasteiger partial charge in [0.05, 0.1) is 19.1 Å². The number of hydrogen-bond donors (Lipinski definition) is 15. The lowest BCUT2D eigenvalue weighted by molar-refractivity contribution is -0.343. The Morgan fingerprint density at radius 1 is 0.567 bits per heavy atom. The zero-order chi connectivity index (χ0) is 49.4. The fraction of sp³-hybridized carbons (Fsp3) is 0.372. The smallest absolute Gasteiger partial charge is 0.299 e. The highest BCUT2D eigenvalue weighted by molar-refractivity contribution is 6.38. The van der Waals surface area contributed by atoms with Crippen molar-refractivity contribution in [3.8, 4) is 11.5 Å². The molecule has 2 aromatic carbocycles. The van der Waals surface area contributed by atoms with E-state index >= 15 is 0 Å². The molecule has 0 bridgehead atoms. The Hall–Kier alpha value is -6.07. The van der Waals surface area contributed by atoms with Gasteiger partial charge in [-0.15, -0.1) is 0 Å². The van der Waals surface area contributed by atoms with E-state index in [9.17, 15) is 101 Å². The molecule has 1 saturated carbocycles. The SMILES string of the molecule is O=C1/C(=C(O)\C=C\c2ccc(O)cc2)C(=O)C(O)(O[C@@H]2O[C@H](CO)[C@@H](O)[C@H](O)[C@H]2O)C(=O)C1CC1=C(O)/C(=C(O)\C=C\c2ccc(O)cc2)C(=O)C(O)(O[C@@H]2O[C@H](CO)[C@@H](O)[C@H](O)[C@H]2O)C1=O. The summed E-state index contributed by atoms with van der Waals surface area (Å²) in [5.74, 6) is -25.5. The maximum atomic E-state index is 14.4. The van der Waals surface area contributed by atoms with Gasteiger partial charge >= 0.3 is 0 Å². The maximum absolute atomic E-state index is 14.4. The van der Waals surface area contributed by atoms with E-state index < -0.39 is 161 Å². The van der Waals surface area contributed by atoms with Gasteiger partial charge in [0.25, 0.3) is 11.6 Å². The van der Waals surface area contributed by atoms with Gasteiger partial charge in [0.1, 0.15) is 88.8 Å². The second kappa shape index (κ2) is 19.6. The van der Waals surface area contributed by atoms with Crippen LogP contribution in [0.2, 0.25) is 0 Å². The summed E-state index contributed by atoms with van der Waals surface area (Å²) in [6, 6.07) is 10.1. The summed E-state index contributed by atoms with van der Waals surface area (Å²) in [6.07, 6.45) is -20.1. The first kappa shape index (κ1) is 50.3. The molecule has 2 aliphatic heterocycles. The molecule has 2 aromatic rings. The first-order valence-electron chi connectivity index (χ1n) is 19.9. The standard InChI is InChI=1S/C43H44O24/c44-14-24-30(52)32(54)34(56)40(64-24)66-42(62)36(58)20(28(50)26(38(42)60)22(48)11-5-16-1-7-18(46)8-2-16)13-21-29(51)27(23(49)12-6-17-3-9-19(47)10-4-17)39(61)43(63,37(21)59)67-41-35(57)33(55)31(53)25(15-45)65-41/h1-12,20,24-25,30-35,40-41,44-49,51-57,62-63H,13-15H2/b11-5+,12-6+,26-22-,27-23-/t20?,24-,25-,30-,31-,32+,33+,34-,35-,40+,41+,42?,43?/m1/s1. The monoisotopic (exact) mass is 944 g/mol. The highest BCUT2D eigenvalue weighted by Gasteiger charge is 2.64. The van der Waals surface area contributed by atoms with Crippen molar-refractivity contribution in [1.82, 2.24) is 0 Å². The number of Topliss-reactive ketones (excluding diaryl/α,β-unsaturated/α-hetero) is 5. The minimum Gasteiger partial charge on any atom is -0.508 e. The Kier molecular flexibility index (Phi) is 14.8. The van der Waals surface area contributed by atoms with Crippen LogP contribution in [0.25, 0.3) is 12.2 Å². The number of aromatic hydroxyl groups is 2. The van der Waals surface area contributed by atoms with Crippen LogP contribution >= 0.6 is 0 Å². The minimum atomic E-state index is -4.10. The number of ether oxygens (including phenoxy) is 4. The fourth-order valence-electron chi connectivity index (χ4n) is 7.40. The van der Waals surface area contributed by atoms with Crippen molar-refractivity contribution in [2.24, 2.45) is 5.92 Å². The molecule has 0 radical (unpaired) electrons. The molecule has 13 atom stereocenters. The molecular formula is C43H44O24. The molecule has 0 aromatic heterocycles. The normalized spacial score (nSPS) is 35.8. The summed E-state index contributed by atoms with van der Waals surface area (Å²) in [5.41, 5.74) is -3.85. The highest BCUT2D eigenvalue weighted by Crippen LogP contribution is 2.42. The maximum Gasteiger partial charge on any atom is 0.299 e. The van der Waals surface area contributed by atoms with E-state index in [2.05, 4.69) is 0 Å². The van der Waals surface area contributed by atoms with Crippen LogP contribution in [0.15, 0.2) is 94.7 Å². The van der Waals surface area contributed by atoms with E-state index in [0.717, 1.165) is 18.2 Å². The molecule has 360 valence electrons. The van der Waals surface area contributed by atoms with E-state index in [1.807, 2.05) is 0 Å². The average molecular weight is 945 g/mol. The van der Waals surface area contributed by atoms with Gasteiger partial charge in [-0.2, -0.15) is 0 Å². The summed E-state index contributed by atoms with van der Waals surface area (Å²) >= 11 is 0. The quantitative estimate of drug-likeness (QED) is 0.0318. The molecule has 3 unspecified atom stereocenters. The van der Waals surface area contributed by atoms with Gasteiger partial charge < -0.3 is 95.5 Å². The topological polar surface area (TPSA) is 426 Å². The first-order chi connectivity index (χ1) is 31.5. The third-order valence-electron chi connectivity index (χ3n) is 11.2. The van der Waals surface area contributed by atoms with Crippen LogP contribution in [0.1, 0.15) is 17.5 Å². The van der Waals surface area contributed by atoms with Crippen LogP contribution in [-0.2, 0) is 42.9 Å². The van der Waals surface area contributed by atoms with Crippen LogP contribution in [0.3, 0.4) is 0 Å². The number of ketones is 5. The molecule has 6 rings (SSSR count). The van der Waals surface area contributed by atoms with Crippen LogP contribution in [-0.4, -0.2) is 192 Å². The number of phenols is 2. The number of phenolic OH excluding ortho intramolecular Hbond substituents is 2. The van der Waals surface area contributed by atoms with Gasteiger partial charge in [-0.05, 0) is 54.0 Å². The Morgan fingerprint density at radius 3 is 1.40 bits per heavy atom. The minimum absolute atomic E-state index is 0.181. The van der Waals surface area contributed by atoms with Crippen LogP contribution in [0, 0.1) is 5.92 Å². The highest BCUT2D eigenvalue weighted by atomic mass is 16.8. The third kappa shape index (κ3) is 9.44. The summed E-state index contributed by atoms with van der Waals surface area (Å²) in [7, 11) is 0. The van der Waals surface area contributed by atoms with Crippen LogP contribution in [0.5, 0.6) is 11.5 Å². The number of hydrogen-bond acceptors (Lipinski definition) is 24. The number of benzene rings is 2. The van der Waals surface area contributed by atoms with Gasteiger partial charge in [0.2, 0.25) is 23.1 Å². The Labute approximate surface area is 376 Å². The number of aliphatic hydroxyl groups excluding tert-OH is 11. The Balaban J connectivity index is 1.50. The van der Waals surface area contributed by atoms with Crippen LogP contribution in [0.4, 0.5) is 0 Å². The summed E-state index contributed by atoms with van der Waals surface area (Å²) in [5, 5.41) is 159. The van der Waals surface area contributed by atoms with Crippen molar-refractivity contribution in [2.75, 3.05) is 13.2 Å². The molecule has 15 N–H and O–H groups in total. The molecule has 2 aliphatic carbocycles. The number of rotatable bonds is 12. The molecule has 24 heteroatoms. The van der Waals surface area contributed by atoms with E-state index in [-0.39, 0.29) is 22.6 Å². The van der Waals surface area contributed by atoms with E-state index in [4.69, 9.17) is 18.9 Å². The second-order valence-corrected chi connectivity index (χ2v) is 15.6. The van der Waals surface area contributed by atoms with Gasteiger partial charge in [0, 0.05) is 5.57 Å². The van der Waals surface area contributed by atoms with E-state index in [0.29, 0.717) is 6.08 Å². The molecule has 2 heterocycles. The van der Waals surface area contributed by atoms with Gasteiger partial charge in [0.15, 0.2) is 18.4 Å². The van der Waals surface area contributed by atoms with Gasteiger partial charge in [-0.25, -0.2) is 0 Å². The summed E-state index contributed by atoms with van der Waals surface area (Å²) in [4.78, 5) is 71.2. The second-order valence-electron chi connectivity index (χ2n) is 15.6. The molecular weight excluding hydrogens is 900 g/mol. The van der Waals surface area contributed by atoms with Crippen molar-refractivity contribution >= 4 is 41.1 Å². The Morgan fingerprint density at radius 2 is 0.970 bits per heavy atom. The molecule has 3 fully saturated rings. The van der Waals surface area contributed by atoms with Crippen molar-refractivity contribution in [2.45, 2.75) is 79.4 Å². The van der Waals surface area contributed by atoms with E-state index in [1.54, 1.807) is 0 Å². The predicted octanol–water partition coefficient (Wildman–Crippen LogP) is -3.85. The van der Waals surface area contributed by atoms with Crippen molar-refractivity contribution in [1.29, 1.82) is 0 Å². The number of aliphatic hydroxyl groups is 13. The lowest BCUT2D eigenvalue weighted by atomic mass is 9.72. The number of carbonyl (C=O) groups is 5. The Bertz CT molecular complexity index is 2430. The third-order valence-corrected chi connectivity index (χ3v) is 11.2. The van der Waals surface area contributed by atoms with Crippen molar-refractivity contribution < 1.29 is 120 Å². The largest absolute Gasteiger partial charge is 0.508 e. The average Bonchev–Trinajstić information content (AvgIpc) is 3.30. The number of allylic oxidation sites excluding steroid dienone is 3. The lowest BCUT2D eigenvalue weighted by Gasteiger charge is -2.43. The van der Waals surface area contributed by atoms with Crippen molar-refractivity contribution in [3.05, 3.63) is 106 Å². The molecule has 4 aliphatic rings. The van der Waals surface area contributed by atoms with Crippen LogP contribution < -0.4 is 0 Å². The summed E-state index contributed by atoms with van der Waals surface area (Å²) in [6.45, 7) is -2.17. The van der Waals surface area contributed by atoms with Crippen molar-refractivity contribution in [3.63, 3.8) is 0 Å². The zero-order valence-corrected chi connectivity index (χ0v) is 34.3. The molecule has 24 nitrogen and oxygen atoms in total. The van der Waals surface area contributed by atoms with E-state index in [1.165, 1.54) is 48.5 Å². The summed E-state index contributed by atoms with van der Waals surface area (Å²) < 4.78 is 20.8. The lowest BCUT2D eigenvalue weighted by Crippen LogP contribution is -2.66. The molecule has 0 spiro atoms. The van der Waals surface area contributed by atoms with Gasteiger partial charge in [-0.1, -0.05) is 36.4 Å². The predicted molar refractivity (Wildman–Crippen MR) is 216 cm³/mol. The fourth-order valence-corrected chi connectivity index (χ4v) is 7.40. The molecule has 2 saturated heterocycles. The van der Waals surface area contributed by atoms with Gasteiger partial charge in [-0.3, -0.25) is 24.0 Å².